The van der Waals surface area contributed by atoms with Gasteiger partial charge < -0.3 is 15.6 Å². The Balaban J connectivity index is 2.01. The van der Waals surface area contributed by atoms with Crippen LogP contribution in [0.4, 0.5) is 5.69 Å². The zero-order valence-corrected chi connectivity index (χ0v) is 11.3. The Kier molecular flexibility index (Phi) is 2.97. The van der Waals surface area contributed by atoms with E-state index in [-0.39, 0.29) is 17.5 Å². The van der Waals surface area contributed by atoms with Gasteiger partial charge in [0.15, 0.2) is 0 Å². The quantitative estimate of drug-likeness (QED) is 0.829. The van der Waals surface area contributed by atoms with Crippen LogP contribution >= 0.6 is 0 Å². The number of nitrogens with two attached hydrogens (primary N) is 1. The molecule has 5 heteroatoms. The van der Waals surface area contributed by atoms with Gasteiger partial charge in [0.1, 0.15) is 6.04 Å². The van der Waals surface area contributed by atoms with Gasteiger partial charge in [0.05, 0.1) is 0 Å². The minimum absolute atomic E-state index is 0.113. The molecular formula is C15H17N3O2. The summed E-state index contributed by atoms with van der Waals surface area (Å²) in [6.07, 6.45) is 3.70. The summed E-state index contributed by atoms with van der Waals surface area (Å²) in [7, 11) is 0. The molecule has 5 nitrogen and oxygen atoms in total. The van der Waals surface area contributed by atoms with Crippen molar-refractivity contribution in [3.05, 3.63) is 40.8 Å². The third-order valence-corrected chi connectivity index (χ3v) is 3.73. The number of rotatable bonds is 3. The minimum atomic E-state index is -0.520. The molecule has 1 aliphatic carbocycles. The van der Waals surface area contributed by atoms with E-state index in [1.54, 1.807) is 37.4 Å². The summed E-state index contributed by atoms with van der Waals surface area (Å²) in [6.45, 7) is 1.73. The number of hydrogen-bond acceptors (Lipinski definition) is 3. The highest BCUT2D eigenvalue weighted by atomic mass is 16.2. The van der Waals surface area contributed by atoms with Crippen molar-refractivity contribution >= 4 is 22.4 Å². The van der Waals surface area contributed by atoms with E-state index in [0.717, 1.165) is 18.2 Å². The normalized spacial score (nSPS) is 16.1. The number of nitrogens with zero attached hydrogens (tertiary/aromatic N) is 1. The molecule has 1 saturated carbocycles. The fourth-order valence-electron chi connectivity index (χ4n) is 2.30. The van der Waals surface area contributed by atoms with Crippen molar-refractivity contribution in [2.24, 2.45) is 0 Å². The van der Waals surface area contributed by atoms with Crippen LogP contribution in [0.2, 0.25) is 0 Å². The number of fused-ring (bicyclic) bond motifs is 1. The van der Waals surface area contributed by atoms with Gasteiger partial charge in [0.25, 0.3) is 5.56 Å². The van der Waals surface area contributed by atoms with Gasteiger partial charge in [-0.1, -0.05) is 6.07 Å². The number of amides is 1. The third-order valence-electron chi connectivity index (χ3n) is 3.73. The highest BCUT2D eigenvalue weighted by Gasteiger charge is 2.26. The largest absolute Gasteiger partial charge is 0.398 e. The molecule has 20 heavy (non-hydrogen) atoms. The van der Waals surface area contributed by atoms with Crippen molar-refractivity contribution in [1.29, 1.82) is 0 Å². The molecule has 2 aromatic rings. The topological polar surface area (TPSA) is 77.1 Å². The van der Waals surface area contributed by atoms with Gasteiger partial charge in [0, 0.05) is 28.7 Å². The Morgan fingerprint density at radius 2 is 2.10 bits per heavy atom. The summed E-state index contributed by atoms with van der Waals surface area (Å²) < 4.78 is 1.46. The van der Waals surface area contributed by atoms with Gasteiger partial charge in [-0.3, -0.25) is 9.59 Å². The van der Waals surface area contributed by atoms with E-state index in [4.69, 9.17) is 5.73 Å². The predicted molar refractivity (Wildman–Crippen MR) is 78.5 cm³/mol. The maximum absolute atomic E-state index is 12.5. The molecular weight excluding hydrogens is 254 g/mol. The van der Waals surface area contributed by atoms with Crippen LogP contribution < -0.4 is 16.6 Å². The summed E-state index contributed by atoms with van der Waals surface area (Å²) >= 11 is 0. The number of carbonyl (C=O) groups excluding carboxylic acids is 1. The second-order valence-electron chi connectivity index (χ2n) is 5.30. The zero-order chi connectivity index (χ0) is 14.3. The molecule has 1 fully saturated rings. The number of benzene rings is 1. The van der Waals surface area contributed by atoms with Crippen LogP contribution in [-0.4, -0.2) is 16.5 Å². The summed E-state index contributed by atoms with van der Waals surface area (Å²) in [5.41, 5.74) is 6.24. The lowest BCUT2D eigenvalue weighted by molar-refractivity contribution is -0.124. The van der Waals surface area contributed by atoms with Gasteiger partial charge in [-0.15, -0.1) is 0 Å². The molecule has 1 heterocycles. The molecule has 104 valence electrons. The molecule has 1 amide bonds. The number of carbonyl (C=O) groups is 1. The molecule has 3 N–H and O–H groups in total. The lowest BCUT2D eigenvalue weighted by Gasteiger charge is -2.16. The van der Waals surface area contributed by atoms with Crippen LogP contribution in [0.25, 0.3) is 10.8 Å². The maximum atomic E-state index is 12.5. The molecule has 1 atom stereocenters. The second-order valence-corrected chi connectivity index (χ2v) is 5.30. The average Bonchev–Trinajstić information content (AvgIpc) is 3.23. The standard InChI is InChI=1S/C15H17N3O2/c1-9(14(19)17-10-5-6-10)18-8-7-11-12(15(18)20)3-2-4-13(11)16/h2-4,7-10H,5-6,16H2,1H3,(H,17,19). The van der Waals surface area contributed by atoms with E-state index < -0.39 is 6.04 Å². The summed E-state index contributed by atoms with van der Waals surface area (Å²) in [4.78, 5) is 24.5. The average molecular weight is 271 g/mol. The first-order valence-electron chi connectivity index (χ1n) is 6.77. The highest BCUT2D eigenvalue weighted by Crippen LogP contribution is 2.21. The first kappa shape index (κ1) is 12.7. The van der Waals surface area contributed by atoms with Gasteiger partial charge >= 0.3 is 0 Å². The smallest absolute Gasteiger partial charge is 0.259 e. The Morgan fingerprint density at radius 1 is 1.35 bits per heavy atom. The van der Waals surface area contributed by atoms with Crippen molar-refractivity contribution in [2.75, 3.05) is 5.73 Å². The van der Waals surface area contributed by atoms with Crippen LogP contribution in [0.3, 0.4) is 0 Å². The molecule has 1 unspecified atom stereocenters. The molecule has 0 bridgehead atoms. The van der Waals surface area contributed by atoms with Gasteiger partial charge in [-0.2, -0.15) is 0 Å². The molecule has 3 rings (SSSR count). The Hall–Kier alpha value is -2.30. The van der Waals surface area contributed by atoms with Crippen molar-refractivity contribution in [3.63, 3.8) is 0 Å². The van der Waals surface area contributed by atoms with E-state index in [0.29, 0.717) is 11.1 Å². The SMILES string of the molecule is CC(C(=O)NC1CC1)n1ccc2c(N)cccc2c1=O. The Bertz CT molecular complexity index is 731. The minimum Gasteiger partial charge on any atom is -0.398 e. The summed E-state index contributed by atoms with van der Waals surface area (Å²) in [6, 6.07) is 6.79. The van der Waals surface area contributed by atoms with E-state index in [1.807, 2.05) is 0 Å². The van der Waals surface area contributed by atoms with Crippen LogP contribution in [-0.2, 0) is 4.79 Å². The predicted octanol–water partition coefficient (Wildman–Crippen LogP) is 1.42. The van der Waals surface area contributed by atoms with Crippen molar-refractivity contribution in [3.8, 4) is 0 Å². The van der Waals surface area contributed by atoms with E-state index in [9.17, 15) is 9.59 Å². The molecule has 0 saturated heterocycles. The van der Waals surface area contributed by atoms with Gasteiger partial charge in [0.2, 0.25) is 5.91 Å². The Morgan fingerprint density at radius 3 is 2.80 bits per heavy atom. The van der Waals surface area contributed by atoms with Gasteiger partial charge in [-0.05, 0) is 38.0 Å². The van der Waals surface area contributed by atoms with Gasteiger partial charge in [-0.25, -0.2) is 0 Å². The molecule has 0 radical (unpaired) electrons. The molecule has 1 aromatic heterocycles. The monoisotopic (exact) mass is 271 g/mol. The van der Waals surface area contributed by atoms with Crippen LogP contribution in [0.5, 0.6) is 0 Å². The third kappa shape index (κ3) is 2.15. The molecule has 0 aliphatic heterocycles. The Labute approximate surface area is 116 Å². The number of nitrogen functional groups attached to an aromatic ring is 1. The van der Waals surface area contributed by atoms with Crippen molar-refractivity contribution < 1.29 is 4.79 Å². The molecule has 0 spiro atoms. The number of nitrogens with one attached hydrogen (secondary N) is 1. The van der Waals surface area contributed by atoms with Crippen molar-refractivity contribution in [1.82, 2.24) is 9.88 Å². The summed E-state index contributed by atoms with van der Waals surface area (Å²) in [5.74, 6) is -0.113. The van der Waals surface area contributed by atoms with E-state index >= 15 is 0 Å². The van der Waals surface area contributed by atoms with E-state index in [2.05, 4.69) is 5.32 Å². The zero-order valence-electron chi connectivity index (χ0n) is 11.3. The fraction of sp³-hybridized carbons (Fsp3) is 0.333. The lowest BCUT2D eigenvalue weighted by Crippen LogP contribution is -2.36. The van der Waals surface area contributed by atoms with Crippen LogP contribution in [0, 0.1) is 0 Å². The maximum Gasteiger partial charge on any atom is 0.259 e. The number of pyridine rings is 1. The lowest BCUT2D eigenvalue weighted by atomic mass is 10.1. The highest BCUT2D eigenvalue weighted by molar-refractivity contribution is 5.92. The van der Waals surface area contributed by atoms with Crippen molar-refractivity contribution in [2.45, 2.75) is 31.8 Å². The molecule has 1 aromatic carbocycles. The van der Waals surface area contributed by atoms with Crippen LogP contribution in [0.1, 0.15) is 25.8 Å². The first-order valence-corrected chi connectivity index (χ1v) is 6.77. The van der Waals surface area contributed by atoms with Crippen LogP contribution in [0.15, 0.2) is 35.3 Å². The first-order chi connectivity index (χ1) is 9.58. The second kappa shape index (κ2) is 4.67. The number of anilines is 1. The number of hydrogen-bond donors (Lipinski definition) is 2. The number of aromatic nitrogens is 1. The fourth-order valence-corrected chi connectivity index (χ4v) is 2.30. The van der Waals surface area contributed by atoms with E-state index in [1.165, 1.54) is 4.57 Å². The molecule has 1 aliphatic rings. The summed E-state index contributed by atoms with van der Waals surface area (Å²) in [5, 5.41) is 4.18.